The van der Waals surface area contributed by atoms with Crippen LogP contribution in [0.15, 0.2) is 0 Å². The van der Waals surface area contributed by atoms with Crippen molar-refractivity contribution in [3.63, 3.8) is 0 Å². The molecule has 86 valence electrons. The van der Waals surface area contributed by atoms with E-state index in [0.717, 1.165) is 11.3 Å². The molecule has 1 heterocycles. The minimum Gasteiger partial charge on any atom is -0.382 e. The van der Waals surface area contributed by atoms with Crippen LogP contribution in [-0.4, -0.2) is 46.1 Å². The quantitative estimate of drug-likeness (QED) is 0.515. The number of aliphatic hydroxyl groups is 1. The van der Waals surface area contributed by atoms with Crippen LogP contribution < -0.4 is 0 Å². The van der Waals surface area contributed by atoms with Crippen molar-refractivity contribution in [3.05, 3.63) is 0 Å². The Kier molecular flexibility index (Phi) is 4.38. The summed E-state index contributed by atoms with van der Waals surface area (Å²) < 4.78 is 0. The molecule has 0 radical (unpaired) electrons. The first-order valence-electron chi connectivity index (χ1n) is 5.21. The molecule has 1 rings (SSSR count). The highest BCUT2D eigenvalue weighted by Gasteiger charge is 2.37. The van der Waals surface area contributed by atoms with Crippen LogP contribution in [0.1, 0.15) is 32.1 Å². The summed E-state index contributed by atoms with van der Waals surface area (Å²) in [7, 11) is 0. The zero-order chi connectivity index (χ0) is 11.3. The lowest BCUT2D eigenvalue weighted by Crippen LogP contribution is -2.41. The van der Waals surface area contributed by atoms with Gasteiger partial charge in [-0.1, -0.05) is 0 Å². The van der Waals surface area contributed by atoms with E-state index in [4.69, 9.17) is 0 Å². The molecule has 1 unspecified atom stereocenters. The van der Waals surface area contributed by atoms with Gasteiger partial charge in [0.25, 0.3) is 0 Å². The summed E-state index contributed by atoms with van der Waals surface area (Å²) in [5.74, 6) is -0.353. The number of ketones is 1. The molecule has 1 atom stereocenters. The van der Waals surface area contributed by atoms with Crippen molar-refractivity contribution in [2.75, 3.05) is 13.1 Å². The third-order valence-corrected chi connectivity index (χ3v) is 2.76. The molecule has 0 bridgehead atoms. The summed E-state index contributed by atoms with van der Waals surface area (Å²) in [6, 6.07) is 0. The molecule has 0 aliphatic carbocycles. The predicted molar refractivity (Wildman–Crippen MR) is 52.5 cm³/mol. The first kappa shape index (κ1) is 12.3. The van der Waals surface area contributed by atoms with Crippen molar-refractivity contribution < 1.29 is 19.9 Å². The predicted octanol–water partition coefficient (Wildman–Crippen LogP) is 0.141. The van der Waals surface area contributed by atoms with Gasteiger partial charge in [0.1, 0.15) is 11.9 Å². The van der Waals surface area contributed by atoms with E-state index in [2.05, 4.69) is 0 Å². The fraction of sp³-hybridized carbons (Fsp3) is 0.800. The van der Waals surface area contributed by atoms with Crippen LogP contribution in [0, 0.1) is 0 Å². The molecule has 1 aliphatic heterocycles. The Morgan fingerprint density at radius 2 is 2.27 bits per heavy atom. The van der Waals surface area contributed by atoms with Gasteiger partial charge in [-0.3, -0.25) is 4.79 Å². The first-order valence-corrected chi connectivity index (χ1v) is 5.21. The molecule has 5 heteroatoms. The average molecular weight is 215 g/mol. The highest BCUT2D eigenvalue weighted by Crippen LogP contribution is 2.24. The van der Waals surface area contributed by atoms with E-state index in [0.29, 0.717) is 38.6 Å². The normalized spacial score (nSPS) is 28.8. The van der Waals surface area contributed by atoms with E-state index >= 15 is 0 Å². The number of unbranched alkanes of at least 4 members (excludes halogenated alkanes) is 1. The summed E-state index contributed by atoms with van der Waals surface area (Å²) in [6.45, 7) is 0.277. The smallest absolute Gasteiger partial charge is 0.180 e. The van der Waals surface area contributed by atoms with Gasteiger partial charge in [-0.25, -0.2) is 0 Å². The number of carbonyl (C=O) groups is 2. The van der Waals surface area contributed by atoms with Gasteiger partial charge in [-0.15, -0.1) is 0 Å². The van der Waals surface area contributed by atoms with Gasteiger partial charge in [-0.2, -0.15) is 5.06 Å². The lowest BCUT2D eigenvalue weighted by atomic mass is 9.88. The van der Waals surface area contributed by atoms with Gasteiger partial charge >= 0.3 is 0 Å². The van der Waals surface area contributed by atoms with Gasteiger partial charge in [-0.05, 0) is 25.7 Å². The Balaban J connectivity index is 2.55. The van der Waals surface area contributed by atoms with Crippen molar-refractivity contribution in [3.8, 4) is 0 Å². The molecule has 0 aromatic rings. The van der Waals surface area contributed by atoms with Gasteiger partial charge < -0.3 is 15.1 Å². The monoisotopic (exact) mass is 215 g/mol. The second-order valence-electron chi connectivity index (χ2n) is 4.01. The molecular weight excluding hydrogens is 198 g/mol. The summed E-state index contributed by atoms with van der Waals surface area (Å²) in [4.78, 5) is 21.7. The van der Waals surface area contributed by atoms with Crippen LogP contribution >= 0.6 is 0 Å². The lowest BCUT2D eigenvalue weighted by Gasteiger charge is -2.24. The van der Waals surface area contributed by atoms with Crippen molar-refractivity contribution in [2.24, 2.45) is 0 Å². The van der Waals surface area contributed by atoms with E-state index < -0.39 is 5.60 Å². The van der Waals surface area contributed by atoms with Crippen molar-refractivity contribution in [1.82, 2.24) is 5.06 Å². The largest absolute Gasteiger partial charge is 0.382 e. The van der Waals surface area contributed by atoms with Crippen molar-refractivity contribution in [1.29, 1.82) is 0 Å². The highest BCUT2D eigenvalue weighted by atomic mass is 16.5. The van der Waals surface area contributed by atoms with Gasteiger partial charge in [0.05, 0.1) is 6.54 Å². The number of carbonyl (C=O) groups excluding carboxylic acids is 2. The van der Waals surface area contributed by atoms with Gasteiger partial charge in [0.2, 0.25) is 0 Å². The van der Waals surface area contributed by atoms with Crippen LogP contribution in [0.5, 0.6) is 0 Å². The third kappa shape index (κ3) is 3.37. The van der Waals surface area contributed by atoms with Crippen LogP contribution in [0.2, 0.25) is 0 Å². The number of Topliss-reactive ketones (excluding diaryl/α,β-unsaturated/α-hetero) is 1. The van der Waals surface area contributed by atoms with Crippen LogP contribution in [0.3, 0.4) is 0 Å². The maximum atomic E-state index is 11.6. The Labute approximate surface area is 88.6 Å². The number of aldehydes is 1. The first-order chi connectivity index (χ1) is 7.08. The standard InChI is InChI=1S/C10H17NO4/c12-7-2-1-4-10(14)5-3-6-11(15)8-9(10)13/h7,14-15H,1-6,8H2. The van der Waals surface area contributed by atoms with Crippen LogP contribution in [0.4, 0.5) is 0 Å². The second-order valence-corrected chi connectivity index (χ2v) is 4.01. The molecule has 2 N–H and O–H groups in total. The maximum Gasteiger partial charge on any atom is 0.180 e. The molecule has 1 aliphatic rings. The summed E-state index contributed by atoms with van der Waals surface area (Å²) >= 11 is 0. The molecule has 0 amide bonds. The Bertz CT molecular complexity index is 244. The Morgan fingerprint density at radius 1 is 1.53 bits per heavy atom. The number of nitrogens with zero attached hydrogens (tertiary/aromatic N) is 1. The average Bonchev–Trinajstić information content (AvgIpc) is 2.28. The van der Waals surface area contributed by atoms with Crippen LogP contribution in [0.25, 0.3) is 0 Å². The number of hydroxylamine groups is 2. The fourth-order valence-corrected chi connectivity index (χ4v) is 1.83. The molecule has 15 heavy (non-hydrogen) atoms. The van der Waals surface area contributed by atoms with Gasteiger partial charge in [0.15, 0.2) is 5.78 Å². The molecule has 0 aromatic carbocycles. The SMILES string of the molecule is O=CCCCC1(O)CCCN(O)CC1=O. The van der Waals surface area contributed by atoms with Gasteiger partial charge in [0, 0.05) is 13.0 Å². The highest BCUT2D eigenvalue weighted by molar-refractivity contribution is 5.88. The summed E-state index contributed by atoms with van der Waals surface area (Å²) in [5.41, 5.74) is -1.35. The molecular formula is C10H17NO4. The van der Waals surface area contributed by atoms with E-state index in [-0.39, 0.29) is 12.3 Å². The minimum absolute atomic E-state index is 0.127. The number of hydrogen-bond donors (Lipinski definition) is 2. The molecule has 5 nitrogen and oxygen atoms in total. The fourth-order valence-electron chi connectivity index (χ4n) is 1.83. The minimum atomic E-state index is -1.35. The molecule has 1 saturated heterocycles. The number of hydrogen-bond acceptors (Lipinski definition) is 5. The second kappa shape index (κ2) is 5.34. The Morgan fingerprint density at radius 3 is 2.93 bits per heavy atom. The van der Waals surface area contributed by atoms with E-state index in [1.54, 1.807) is 0 Å². The zero-order valence-electron chi connectivity index (χ0n) is 8.69. The van der Waals surface area contributed by atoms with Crippen molar-refractivity contribution >= 4 is 12.1 Å². The lowest BCUT2D eigenvalue weighted by molar-refractivity contribution is -0.148. The van der Waals surface area contributed by atoms with Crippen LogP contribution in [-0.2, 0) is 9.59 Å². The van der Waals surface area contributed by atoms with E-state index in [9.17, 15) is 19.9 Å². The summed E-state index contributed by atoms with van der Waals surface area (Å²) in [6.07, 6.45) is 2.90. The molecule has 0 aromatic heterocycles. The van der Waals surface area contributed by atoms with E-state index in [1.165, 1.54) is 0 Å². The topological polar surface area (TPSA) is 77.8 Å². The molecule has 0 spiro atoms. The Hall–Kier alpha value is -0.780. The number of rotatable bonds is 4. The zero-order valence-corrected chi connectivity index (χ0v) is 8.69. The molecule has 0 saturated carbocycles. The molecule has 1 fully saturated rings. The summed E-state index contributed by atoms with van der Waals surface area (Å²) in [5, 5.41) is 20.2. The van der Waals surface area contributed by atoms with E-state index in [1.807, 2.05) is 0 Å². The third-order valence-electron chi connectivity index (χ3n) is 2.76. The van der Waals surface area contributed by atoms with Crippen molar-refractivity contribution in [2.45, 2.75) is 37.7 Å². The maximum absolute atomic E-state index is 11.6.